The van der Waals surface area contributed by atoms with Gasteiger partial charge in [0.25, 0.3) is 0 Å². The molecule has 524 valence electrons. The fraction of sp³-hybridized carbons (Fsp3) is 0.661. The van der Waals surface area contributed by atoms with Crippen molar-refractivity contribution in [2.75, 3.05) is 39.5 Å². The van der Waals surface area contributed by atoms with Gasteiger partial charge in [-0.1, -0.05) is 71.9 Å². The molecule has 0 radical (unpaired) electrons. The number of benzene rings is 1. The van der Waals surface area contributed by atoms with Crippen molar-refractivity contribution in [1.29, 1.82) is 0 Å². The number of carboxylic acid groups (broad SMARTS) is 1. The minimum absolute atomic E-state index is 0.00297. The number of nitrogens with two attached hydrogens (primary N) is 4. The van der Waals surface area contributed by atoms with E-state index in [0.717, 1.165) is 5.56 Å². The molecule has 34 heteroatoms. The van der Waals surface area contributed by atoms with Gasteiger partial charge in [0.1, 0.15) is 66.5 Å². The quantitative estimate of drug-likeness (QED) is 0.0270. The average Bonchev–Trinajstić information content (AvgIpc) is 2.29. The Morgan fingerprint density at radius 2 is 0.817 bits per heavy atom. The number of aliphatic hydroxyl groups is 3. The summed E-state index contributed by atoms with van der Waals surface area (Å²) in [6.45, 7) is 9.23. The van der Waals surface area contributed by atoms with Crippen LogP contribution in [0.1, 0.15) is 119 Å². The van der Waals surface area contributed by atoms with Crippen LogP contribution in [0.15, 0.2) is 30.3 Å². The predicted molar refractivity (Wildman–Crippen MR) is 336 cm³/mol. The Labute approximate surface area is 540 Å². The molecule has 0 bridgehead atoms. The highest BCUT2D eigenvalue weighted by atomic mass is 16.4. The van der Waals surface area contributed by atoms with Crippen LogP contribution in [0.3, 0.4) is 0 Å². The van der Waals surface area contributed by atoms with Gasteiger partial charge in [0.2, 0.25) is 76.8 Å². The standard InChI is InChI=1S/C59H100N16O18/c1-30(2)22-39(69-50(83)36(62)24-35-16-10-9-11-17-35)52(85)73-43(28-77)55(88)67-37(18-12-14-20-60)51(84)64-26-46(80)65-33(7)48(81)66-34(8)49(82)72-42(27-76)57(90)70-41(25-45(63)79)54(87)75-47(32(5)6)58(91)71-40(23-31(3)4)53(86)74-44(29-78)56(89)68-38(59(92)93)19-13-15-21-61/h9-11,16-17,30-34,36-44,47,76-78H,12-15,18-29,60-62H2,1-8H3,(H2,63,79)(H,64,84)(H,65,80)(H,66,81)(H,67,88)(H,68,89)(H,69,83)(H,70,90)(H,71,91)(H,72,82)(H,73,85)(H,74,86)(H,75,87)(H,92,93)/t33-,34-,36-,37-,38-,39-,40-,41-,42-,43-,44-,47-/m0/s1. The topological polar surface area (TPSA) is 568 Å². The zero-order chi connectivity index (χ0) is 70.7. The molecule has 93 heavy (non-hydrogen) atoms. The Balaban J connectivity index is 3.04. The lowest BCUT2D eigenvalue weighted by molar-refractivity contribution is -0.143. The van der Waals surface area contributed by atoms with E-state index >= 15 is 0 Å². The van der Waals surface area contributed by atoms with Gasteiger partial charge in [-0.15, -0.1) is 0 Å². The van der Waals surface area contributed by atoms with E-state index < -0.39 is 194 Å². The summed E-state index contributed by atoms with van der Waals surface area (Å²) in [6, 6.07) is -8.55. The summed E-state index contributed by atoms with van der Waals surface area (Å²) >= 11 is 0. The summed E-state index contributed by atoms with van der Waals surface area (Å²) in [5.41, 5.74) is 23.5. The molecular weight excluding hydrogens is 1220 g/mol. The van der Waals surface area contributed by atoms with Gasteiger partial charge >= 0.3 is 5.97 Å². The second-order valence-electron chi connectivity index (χ2n) is 23.6. The van der Waals surface area contributed by atoms with Gasteiger partial charge in [-0.2, -0.15) is 0 Å². The lowest BCUT2D eigenvalue weighted by Crippen LogP contribution is -2.61. The van der Waals surface area contributed by atoms with Gasteiger partial charge < -0.3 is 107 Å². The van der Waals surface area contributed by atoms with Crippen LogP contribution < -0.4 is 86.7 Å². The first-order valence-corrected chi connectivity index (χ1v) is 30.9. The van der Waals surface area contributed by atoms with E-state index in [1.165, 1.54) is 27.7 Å². The summed E-state index contributed by atoms with van der Waals surface area (Å²) < 4.78 is 0. The Morgan fingerprint density at radius 3 is 1.26 bits per heavy atom. The van der Waals surface area contributed by atoms with Crippen molar-refractivity contribution in [3.8, 4) is 0 Å². The van der Waals surface area contributed by atoms with Gasteiger partial charge in [0.05, 0.1) is 38.8 Å². The molecule has 0 heterocycles. The van der Waals surface area contributed by atoms with Gasteiger partial charge in [-0.3, -0.25) is 62.3 Å². The highest BCUT2D eigenvalue weighted by Gasteiger charge is 2.37. The maximum atomic E-state index is 13.8. The zero-order valence-corrected chi connectivity index (χ0v) is 54.2. The number of aliphatic hydroxyl groups excluding tert-OH is 3. The lowest BCUT2D eigenvalue weighted by Gasteiger charge is -2.29. The van der Waals surface area contributed by atoms with Crippen LogP contribution in [-0.4, -0.2) is 215 Å². The van der Waals surface area contributed by atoms with Crippen molar-refractivity contribution in [3.05, 3.63) is 35.9 Å². The molecule has 0 unspecified atom stereocenters. The largest absolute Gasteiger partial charge is 0.480 e. The fourth-order valence-electron chi connectivity index (χ4n) is 8.91. The molecule has 0 saturated carbocycles. The first-order chi connectivity index (χ1) is 43.7. The Kier molecular flexibility index (Phi) is 38.5. The molecule has 24 N–H and O–H groups in total. The summed E-state index contributed by atoms with van der Waals surface area (Å²) in [6.07, 6.45) is 0.987. The number of hydrogen-bond acceptors (Lipinski definition) is 20. The second-order valence-corrected chi connectivity index (χ2v) is 23.6. The SMILES string of the molecule is CC(C)C[C@H](NC(=O)[C@@H](NC(=O)[C@H](CC(N)=O)NC(=O)[C@H](CO)NC(=O)[C@H](C)NC(=O)[C@H](C)NC(=O)CNC(=O)[C@H](CCCCN)NC(=O)[C@H](CO)NC(=O)[C@H](CC(C)C)NC(=O)[C@@H](N)Cc1ccccc1)C(C)C)C(=O)N[C@@H](CO)C(=O)N[C@@H](CCCCN)C(=O)O. The van der Waals surface area contributed by atoms with Gasteiger partial charge in [0, 0.05) is 0 Å². The first kappa shape index (κ1) is 82.6. The van der Waals surface area contributed by atoms with Gasteiger partial charge in [0.15, 0.2) is 0 Å². The van der Waals surface area contributed by atoms with E-state index in [1.54, 1.807) is 58.0 Å². The van der Waals surface area contributed by atoms with Crippen LogP contribution >= 0.6 is 0 Å². The van der Waals surface area contributed by atoms with Crippen molar-refractivity contribution >= 4 is 82.8 Å². The zero-order valence-electron chi connectivity index (χ0n) is 54.2. The maximum Gasteiger partial charge on any atom is 0.326 e. The van der Waals surface area contributed by atoms with E-state index in [4.69, 9.17) is 22.9 Å². The van der Waals surface area contributed by atoms with Crippen molar-refractivity contribution in [2.45, 2.75) is 192 Å². The summed E-state index contributed by atoms with van der Waals surface area (Å²) in [4.78, 5) is 185. The molecule has 1 rings (SSSR count). The number of hydrogen-bond donors (Lipinski definition) is 20. The smallest absolute Gasteiger partial charge is 0.326 e. The Morgan fingerprint density at radius 1 is 0.430 bits per heavy atom. The average molecular weight is 1320 g/mol. The van der Waals surface area contributed by atoms with Gasteiger partial charge in [-0.05, 0) is 108 Å². The monoisotopic (exact) mass is 1320 g/mol. The third kappa shape index (κ3) is 31.6. The fourth-order valence-corrected chi connectivity index (χ4v) is 8.91. The molecule has 0 aliphatic heterocycles. The number of rotatable bonds is 45. The highest BCUT2D eigenvalue weighted by Crippen LogP contribution is 2.12. The Bertz CT molecular complexity index is 2650. The molecule has 1 aromatic carbocycles. The number of primary amides is 1. The van der Waals surface area contributed by atoms with E-state index in [9.17, 15) is 87.5 Å². The molecule has 0 aromatic heterocycles. The molecule has 0 fully saturated rings. The van der Waals surface area contributed by atoms with Crippen molar-refractivity contribution in [1.82, 2.24) is 63.8 Å². The molecular formula is C59H100N16O18. The third-order valence-corrected chi connectivity index (χ3v) is 14.1. The molecule has 34 nitrogen and oxygen atoms in total. The van der Waals surface area contributed by atoms with Crippen LogP contribution in [-0.2, 0) is 73.5 Å². The minimum atomic E-state index is -1.84. The summed E-state index contributed by atoms with van der Waals surface area (Å²) in [5, 5.41) is 68.3. The normalized spacial score (nSPS) is 15.1. The van der Waals surface area contributed by atoms with Crippen LogP contribution in [0.5, 0.6) is 0 Å². The molecule has 0 spiro atoms. The van der Waals surface area contributed by atoms with E-state index in [1.807, 2.05) is 0 Å². The number of carboxylic acids is 1. The number of amides is 13. The molecule has 13 amide bonds. The number of aliphatic carboxylic acids is 1. The van der Waals surface area contributed by atoms with E-state index in [-0.39, 0.29) is 57.0 Å². The lowest BCUT2D eigenvalue weighted by atomic mass is 9.99. The Hall–Kier alpha value is -8.44. The summed E-state index contributed by atoms with van der Waals surface area (Å²) in [7, 11) is 0. The minimum Gasteiger partial charge on any atom is -0.480 e. The molecule has 0 aliphatic carbocycles. The van der Waals surface area contributed by atoms with Crippen molar-refractivity contribution < 1.29 is 87.5 Å². The third-order valence-electron chi connectivity index (χ3n) is 14.1. The second kappa shape index (κ2) is 43.4. The molecule has 0 aliphatic rings. The number of unbranched alkanes of at least 4 members (excludes halogenated alkanes) is 2. The van der Waals surface area contributed by atoms with Crippen LogP contribution in [0, 0.1) is 17.8 Å². The highest BCUT2D eigenvalue weighted by molar-refractivity contribution is 6.00. The van der Waals surface area contributed by atoms with Crippen molar-refractivity contribution in [3.63, 3.8) is 0 Å². The van der Waals surface area contributed by atoms with Crippen LogP contribution in [0.25, 0.3) is 0 Å². The molecule has 12 atom stereocenters. The molecule has 1 aromatic rings. The van der Waals surface area contributed by atoms with Gasteiger partial charge in [-0.25, -0.2) is 4.79 Å². The first-order valence-electron chi connectivity index (χ1n) is 30.9. The number of carbonyl (C=O) groups is 14. The maximum absolute atomic E-state index is 13.8. The number of carbonyl (C=O) groups excluding carboxylic acids is 13. The van der Waals surface area contributed by atoms with Crippen LogP contribution in [0.2, 0.25) is 0 Å². The number of nitrogens with one attached hydrogen (secondary N) is 12. The van der Waals surface area contributed by atoms with E-state index in [2.05, 4.69) is 63.8 Å². The molecule has 0 saturated heterocycles. The predicted octanol–water partition coefficient (Wildman–Crippen LogP) is -7.01. The van der Waals surface area contributed by atoms with Crippen LogP contribution in [0.4, 0.5) is 0 Å². The van der Waals surface area contributed by atoms with E-state index in [0.29, 0.717) is 25.7 Å². The summed E-state index contributed by atoms with van der Waals surface area (Å²) in [5.74, 6) is -15.1. The van der Waals surface area contributed by atoms with Crippen molar-refractivity contribution in [2.24, 2.45) is 40.7 Å².